The smallest absolute Gasteiger partial charge is 0.171 e. The van der Waals surface area contributed by atoms with Crippen LogP contribution >= 0.6 is 0 Å². The monoisotopic (exact) mass is 162 g/mol. The van der Waals surface area contributed by atoms with Crippen molar-refractivity contribution >= 4 is 11.0 Å². The van der Waals surface area contributed by atoms with Gasteiger partial charge in [0.05, 0.1) is 6.26 Å². The van der Waals surface area contributed by atoms with Crippen LogP contribution in [0.5, 0.6) is 5.75 Å². The predicted octanol–water partition coefficient (Wildman–Crippen LogP) is 2.26. The highest BCUT2D eigenvalue weighted by molar-refractivity contribution is 5.80. The van der Waals surface area contributed by atoms with Crippen molar-refractivity contribution in [2.75, 3.05) is 0 Å². The second-order valence-electron chi connectivity index (χ2n) is 2.76. The van der Waals surface area contributed by atoms with E-state index in [1.54, 1.807) is 6.26 Å². The Balaban J connectivity index is 2.38. The topological polar surface area (TPSA) is 31.6 Å². The highest BCUT2D eigenvalue weighted by Crippen LogP contribution is 2.31. The summed E-state index contributed by atoms with van der Waals surface area (Å²) in [5.41, 5.74) is 1.92. The molecule has 2 aromatic rings. The van der Waals surface area contributed by atoms with Gasteiger partial charge in [0.2, 0.25) is 0 Å². The van der Waals surface area contributed by atoms with Crippen molar-refractivity contribution in [1.29, 1.82) is 0 Å². The third kappa shape index (κ3) is 0.685. The third-order valence-electron chi connectivity index (χ3n) is 2.00. The molecule has 0 fully saturated rings. The van der Waals surface area contributed by atoms with Crippen LogP contribution in [-0.2, 0) is 11.5 Å². The SMILES string of the molecule is c1cc2cc3c(cc2o1)COO3. The van der Waals surface area contributed by atoms with E-state index >= 15 is 0 Å². The van der Waals surface area contributed by atoms with Crippen LogP contribution < -0.4 is 4.89 Å². The third-order valence-corrected chi connectivity index (χ3v) is 2.00. The molecule has 1 aromatic heterocycles. The molecule has 0 unspecified atom stereocenters. The number of rotatable bonds is 0. The first-order valence-corrected chi connectivity index (χ1v) is 3.73. The van der Waals surface area contributed by atoms with Crippen LogP contribution in [0.1, 0.15) is 5.56 Å². The van der Waals surface area contributed by atoms with Gasteiger partial charge in [-0.2, -0.15) is 4.89 Å². The first-order valence-electron chi connectivity index (χ1n) is 3.73. The number of fused-ring (bicyclic) bond motifs is 2. The van der Waals surface area contributed by atoms with Gasteiger partial charge in [-0.1, -0.05) is 0 Å². The Hall–Kier alpha value is -1.48. The van der Waals surface area contributed by atoms with E-state index in [1.807, 2.05) is 18.2 Å². The lowest BCUT2D eigenvalue weighted by molar-refractivity contribution is -0.194. The van der Waals surface area contributed by atoms with Gasteiger partial charge in [-0.25, -0.2) is 0 Å². The number of hydrogen-bond donors (Lipinski definition) is 0. The fraction of sp³-hybridized carbons (Fsp3) is 0.111. The maximum Gasteiger partial charge on any atom is 0.171 e. The van der Waals surface area contributed by atoms with Crippen molar-refractivity contribution < 1.29 is 14.2 Å². The Morgan fingerprint density at radius 1 is 1.25 bits per heavy atom. The normalized spacial score (nSPS) is 14.7. The summed E-state index contributed by atoms with van der Waals surface area (Å²) in [5, 5.41) is 1.04. The van der Waals surface area contributed by atoms with Crippen molar-refractivity contribution in [2.24, 2.45) is 0 Å². The quantitative estimate of drug-likeness (QED) is 0.557. The van der Waals surface area contributed by atoms with Crippen LogP contribution in [0.15, 0.2) is 28.9 Å². The van der Waals surface area contributed by atoms with Crippen LogP contribution in [-0.4, -0.2) is 0 Å². The van der Waals surface area contributed by atoms with Crippen molar-refractivity contribution in [1.82, 2.24) is 0 Å². The average Bonchev–Trinajstić information content (AvgIpc) is 2.64. The number of benzene rings is 1. The zero-order valence-electron chi connectivity index (χ0n) is 6.24. The molecule has 60 valence electrons. The van der Waals surface area contributed by atoms with E-state index in [9.17, 15) is 0 Å². The molecule has 3 nitrogen and oxygen atoms in total. The summed E-state index contributed by atoms with van der Waals surface area (Å²) in [4.78, 5) is 9.75. The van der Waals surface area contributed by atoms with Gasteiger partial charge in [0, 0.05) is 10.9 Å². The summed E-state index contributed by atoms with van der Waals surface area (Å²) in [6, 6.07) is 5.76. The summed E-state index contributed by atoms with van der Waals surface area (Å²) in [6.45, 7) is 0.506. The molecule has 0 radical (unpaired) electrons. The lowest BCUT2D eigenvalue weighted by Crippen LogP contribution is -1.81. The van der Waals surface area contributed by atoms with Crippen LogP contribution in [0.2, 0.25) is 0 Å². The summed E-state index contributed by atoms with van der Waals surface area (Å²) in [6.07, 6.45) is 1.67. The molecule has 0 amide bonds. The van der Waals surface area contributed by atoms with Gasteiger partial charge in [-0.15, -0.1) is 0 Å². The molecule has 3 heteroatoms. The molecule has 0 atom stereocenters. The molecule has 2 heterocycles. The maximum atomic E-state index is 5.23. The molecule has 3 rings (SSSR count). The van der Waals surface area contributed by atoms with Crippen molar-refractivity contribution in [3.63, 3.8) is 0 Å². The van der Waals surface area contributed by atoms with Crippen LogP contribution in [0.3, 0.4) is 0 Å². The van der Waals surface area contributed by atoms with Crippen LogP contribution in [0.4, 0.5) is 0 Å². The predicted molar refractivity (Wildman–Crippen MR) is 41.6 cm³/mol. The first kappa shape index (κ1) is 6.08. The van der Waals surface area contributed by atoms with E-state index in [4.69, 9.17) is 14.2 Å². The van der Waals surface area contributed by atoms with Gasteiger partial charge in [-0.3, -0.25) is 0 Å². The molecular weight excluding hydrogens is 156 g/mol. The molecule has 1 aromatic carbocycles. The Morgan fingerprint density at radius 3 is 3.25 bits per heavy atom. The zero-order chi connectivity index (χ0) is 7.97. The second kappa shape index (κ2) is 2.01. The van der Waals surface area contributed by atoms with E-state index in [0.29, 0.717) is 6.61 Å². The largest absolute Gasteiger partial charge is 0.464 e. The minimum atomic E-state index is 0.506. The molecule has 0 saturated carbocycles. The van der Waals surface area contributed by atoms with Gasteiger partial charge < -0.3 is 9.30 Å². The maximum absolute atomic E-state index is 5.23. The standard InChI is InChI=1S/C9H6O3/c1-2-10-8-4-7-5-11-12-9(7)3-6(1)8/h1-4H,5H2. The average molecular weight is 162 g/mol. The minimum Gasteiger partial charge on any atom is -0.464 e. The van der Waals surface area contributed by atoms with Crippen LogP contribution in [0.25, 0.3) is 11.0 Å². The summed E-state index contributed by atoms with van der Waals surface area (Å²) >= 11 is 0. The molecule has 0 saturated heterocycles. The Kier molecular flexibility index (Phi) is 1.02. The molecule has 0 aliphatic carbocycles. The highest BCUT2D eigenvalue weighted by Gasteiger charge is 2.15. The van der Waals surface area contributed by atoms with Gasteiger partial charge in [0.1, 0.15) is 12.2 Å². The summed E-state index contributed by atoms with van der Waals surface area (Å²) in [5.74, 6) is 0.795. The summed E-state index contributed by atoms with van der Waals surface area (Å²) < 4.78 is 5.23. The lowest BCUT2D eigenvalue weighted by atomic mass is 10.1. The molecule has 0 bridgehead atoms. The molecule has 0 spiro atoms. The Morgan fingerprint density at radius 2 is 2.25 bits per heavy atom. The summed E-state index contributed by atoms with van der Waals surface area (Å²) in [7, 11) is 0. The van der Waals surface area contributed by atoms with Gasteiger partial charge in [-0.05, 0) is 18.2 Å². The number of hydrogen-bond acceptors (Lipinski definition) is 3. The van der Waals surface area contributed by atoms with Crippen molar-refractivity contribution in [3.05, 3.63) is 30.0 Å². The Labute approximate surface area is 68.4 Å². The molecule has 1 aliphatic rings. The van der Waals surface area contributed by atoms with E-state index in [1.165, 1.54) is 0 Å². The van der Waals surface area contributed by atoms with Crippen molar-refractivity contribution in [2.45, 2.75) is 6.61 Å². The van der Waals surface area contributed by atoms with E-state index < -0.39 is 0 Å². The molecular formula is C9H6O3. The van der Waals surface area contributed by atoms with E-state index in [2.05, 4.69) is 0 Å². The van der Waals surface area contributed by atoms with Crippen LogP contribution in [0, 0.1) is 0 Å². The lowest BCUT2D eigenvalue weighted by Gasteiger charge is -1.93. The molecule has 0 N–H and O–H groups in total. The fourth-order valence-corrected chi connectivity index (χ4v) is 1.38. The highest BCUT2D eigenvalue weighted by atomic mass is 17.2. The fourth-order valence-electron chi connectivity index (χ4n) is 1.38. The molecule has 12 heavy (non-hydrogen) atoms. The van der Waals surface area contributed by atoms with Gasteiger partial charge in [0.25, 0.3) is 0 Å². The first-order chi connectivity index (χ1) is 5.93. The van der Waals surface area contributed by atoms with E-state index in [-0.39, 0.29) is 0 Å². The number of furan rings is 1. The van der Waals surface area contributed by atoms with Gasteiger partial charge in [0.15, 0.2) is 5.75 Å². The zero-order valence-corrected chi connectivity index (χ0v) is 6.24. The Bertz CT molecular complexity index is 392. The van der Waals surface area contributed by atoms with Gasteiger partial charge >= 0.3 is 0 Å². The van der Waals surface area contributed by atoms with Crippen molar-refractivity contribution in [3.8, 4) is 5.75 Å². The minimum absolute atomic E-state index is 0.506. The van der Waals surface area contributed by atoms with E-state index in [0.717, 1.165) is 22.3 Å². The molecule has 1 aliphatic heterocycles. The second-order valence-corrected chi connectivity index (χ2v) is 2.76.